The lowest BCUT2D eigenvalue weighted by molar-refractivity contribution is -0.384. The Bertz CT molecular complexity index is 3470. The van der Waals surface area contributed by atoms with Gasteiger partial charge < -0.3 is 65.3 Å². The molecule has 0 saturated heterocycles. The molecule has 1 heterocycles. The maximum absolute atomic E-state index is 14.1. The minimum atomic E-state index is -1.34. The van der Waals surface area contributed by atoms with Gasteiger partial charge in [-0.15, -0.1) is 0 Å². The average molecular weight is 1480 g/mol. The van der Waals surface area contributed by atoms with E-state index in [9.17, 15) is 58.1 Å². The van der Waals surface area contributed by atoms with Crippen LogP contribution in [-0.4, -0.2) is 159 Å². The summed E-state index contributed by atoms with van der Waals surface area (Å²) in [6, 6.07) is 19.5. The Morgan fingerprint density at radius 2 is 1.09 bits per heavy atom. The number of carbonyl (C=O) groups is 10. The second-order valence-corrected chi connectivity index (χ2v) is 25.7. The SMILES string of the molecule is CCCCOc1cccc(C(=O)NCCCCN(CCCNC(=O)c2cccc(OCCCC)c2OCCCC)C(=O)CCC(=O)NCCCCCN(OCCCC)C(=O)CCC(=O)N[C@@H](C(=O)NC(C=O)[C@H]2CCC(Cl)=C(C(=O)OC(=O)c3ccc([N+](=O)[O-])cc3)N2)c2ccccc2)c1OCCCC. The normalized spacial score (nSPS) is 13.0. The number of esters is 2. The summed E-state index contributed by atoms with van der Waals surface area (Å²) >= 11 is 6.37. The lowest BCUT2D eigenvalue weighted by Crippen LogP contribution is -2.55. The van der Waals surface area contributed by atoms with Crippen molar-refractivity contribution in [1.82, 2.24) is 41.9 Å². The Morgan fingerprint density at radius 1 is 0.562 bits per heavy atom. The van der Waals surface area contributed by atoms with E-state index in [0.717, 1.165) is 82.1 Å². The van der Waals surface area contributed by atoms with Gasteiger partial charge in [0, 0.05) is 82.1 Å². The predicted molar refractivity (Wildman–Crippen MR) is 395 cm³/mol. The van der Waals surface area contributed by atoms with Crippen LogP contribution in [0, 0.1) is 10.1 Å². The molecule has 0 radical (unpaired) electrons. The van der Waals surface area contributed by atoms with Crippen molar-refractivity contribution in [2.24, 2.45) is 0 Å². The van der Waals surface area contributed by atoms with Crippen molar-refractivity contribution in [3.8, 4) is 23.0 Å². The van der Waals surface area contributed by atoms with Crippen molar-refractivity contribution in [2.75, 3.05) is 72.3 Å². The first-order chi connectivity index (χ1) is 50.9. The number of nitrogens with one attached hydrogen (secondary N) is 6. The van der Waals surface area contributed by atoms with E-state index in [-0.39, 0.29) is 110 Å². The number of nitro benzene ring substituents is 1. The van der Waals surface area contributed by atoms with E-state index in [1.54, 1.807) is 71.6 Å². The van der Waals surface area contributed by atoms with E-state index >= 15 is 0 Å². The third kappa shape index (κ3) is 30.5. The second kappa shape index (κ2) is 49.2. The predicted octanol–water partition coefficient (Wildman–Crippen LogP) is 11.0. The molecular weight excluding hydrogens is 1370 g/mol. The monoisotopic (exact) mass is 1480 g/mol. The summed E-state index contributed by atoms with van der Waals surface area (Å²) in [5.41, 5.74) is 0.300. The highest BCUT2D eigenvalue weighted by atomic mass is 35.5. The largest absolute Gasteiger partial charge is 0.490 e. The minimum absolute atomic E-state index is 0.0134. The smallest absolute Gasteiger partial charge is 0.363 e. The van der Waals surface area contributed by atoms with Crippen molar-refractivity contribution in [3.05, 3.63) is 134 Å². The molecule has 28 heteroatoms. The van der Waals surface area contributed by atoms with Gasteiger partial charge in [-0.25, -0.2) is 14.7 Å². The first-order valence-electron chi connectivity index (χ1n) is 36.9. The number of hydroxylamine groups is 2. The molecule has 0 bridgehead atoms. The molecule has 0 fully saturated rings. The highest BCUT2D eigenvalue weighted by molar-refractivity contribution is 6.32. The number of para-hydroxylation sites is 2. The molecule has 0 aliphatic carbocycles. The molecule has 4 aromatic carbocycles. The summed E-state index contributed by atoms with van der Waals surface area (Å²) in [5.74, 6) is -3.64. The molecule has 4 aromatic rings. The van der Waals surface area contributed by atoms with Gasteiger partial charge in [-0.3, -0.25) is 48.5 Å². The van der Waals surface area contributed by atoms with E-state index in [4.69, 9.17) is 40.1 Å². The maximum Gasteiger partial charge on any atom is 0.363 e. The molecular formula is C77H106ClN9O18. The number of nitrogens with zero attached hydrogens (tertiary/aromatic N) is 3. The molecule has 1 aliphatic rings. The Balaban J connectivity index is 1.12. The van der Waals surface area contributed by atoms with Gasteiger partial charge in [0.1, 0.15) is 24.1 Å². The van der Waals surface area contributed by atoms with Crippen LogP contribution in [-0.2, 0) is 43.1 Å². The molecule has 3 atom stereocenters. The molecule has 0 spiro atoms. The molecule has 1 unspecified atom stereocenters. The summed E-state index contributed by atoms with van der Waals surface area (Å²) in [5, 5.41) is 29.3. The first-order valence-corrected chi connectivity index (χ1v) is 37.3. The van der Waals surface area contributed by atoms with Crippen LogP contribution >= 0.6 is 11.6 Å². The van der Waals surface area contributed by atoms with Crippen molar-refractivity contribution in [2.45, 2.75) is 194 Å². The maximum atomic E-state index is 14.1. The Kier molecular flexibility index (Phi) is 40.3. The van der Waals surface area contributed by atoms with E-state index < -0.39 is 52.7 Å². The lowest BCUT2D eigenvalue weighted by Gasteiger charge is -2.31. The topological polar surface area (TPSA) is 348 Å². The Labute approximate surface area is 620 Å². The van der Waals surface area contributed by atoms with Crippen LogP contribution in [0.2, 0.25) is 0 Å². The Hall–Kier alpha value is -9.63. The highest BCUT2D eigenvalue weighted by Gasteiger charge is 2.35. The molecule has 7 amide bonds. The number of unbranched alkanes of at least 4 members (excludes halogenated alkanes) is 8. The highest BCUT2D eigenvalue weighted by Crippen LogP contribution is 2.34. The number of aldehydes is 1. The number of nitro groups is 1. The zero-order valence-electron chi connectivity index (χ0n) is 61.4. The summed E-state index contributed by atoms with van der Waals surface area (Å²) < 4.78 is 29.2. The van der Waals surface area contributed by atoms with Gasteiger partial charge in [-0.05, 0) is 125 Å². The van der Waals surface area contributed by atoms with Gasteiger partial charge in [0.05, 0.1) is 60.7 Å². The average Bonchev–Trinajstić information content (AvgIpc) is 0.827. The second-order valence-electron chi connectivity index (χ2n) is 25.3. The quantitative estimate of drug-likeness (QED) is 0.00597. The van der Waals surface area contributed by atoms with E-state index in [1.165, 1.54) is 5.06 Å². The number of carbonyl (C=O) groups excluding carboxylic acids is 10. The van der Waals surface area contributed by atoms with Crippen LogP contribution < -0.4 is 50.8 Å². The molecule has 1 aliphatic heterocycles. The number of rotatable bonds is 52. The van der Waals surface area contributed by atoms with Crippen molar-refractivity contribution in [1.29, 1.82) is 0 Å². The summed E-state index contributed by atoms with van der Waals surface area (Å²) in [6.07, 6.45) is 11.4. The molecule has 574 valence electrons. The lowest BCUT2D eigenvalue weighted by atomic mass is 9.98. The van der Waals surface area contributed by atoms with Gasteiger partial charge in [0.15, 0.2) is 23.0 Å². The van der Waals surface area contributed by atoms with E-state index in [2.05, 4.69) is 59.6 Å². The fourth-order valence-electron chi connectivity index (χ4n) is 10.8. The fraction of sp³-hybridized carbons (Fsp3) is 0.532. The molecule has 5 rings (SSSR count). The van der Waals surface area contributed by atoms with Gasteiger partial charge in [0.25, 0.3) is 17.5 Å². The minimum Gasteiger partial charge on any atom is -0.490 e. The number of hydrogen-bond acceptors (Lipinski definition) is 19. The third-order valence-corrected chi connectivity index (χ3v) is 17.3. The summed E-state index contributed by atoms with van der Waals surface area (Å²) in [6.45, 7) is 14.0. The van der Waals surface area contributed by atoms with Gasteiger partial charge in [-0.1, -0.05) is 121 Å². The van der Waals surface area contributed by atoms with Crippen molar-refractivity contribution in [3.63, 3.8) is 0 Å². The van der Waals surface area contributed by atoms with Crippen LogP contribution in [0.1, 0.15) is 219 Å². The standard InChI is InChI=1S/C77H106ClN9O18/c1-6-11-49-100-63-31-24-29-58(71(63)102-51-13-8-3)73(93)80-44-21-23-46-85(47-26-45-81-74(94)59-30-25-32-64(101-50-12-7-2)72(59)103-52-14-9-4)67(91)41-39-65(89)79-43-20-17-22-48-86(104-53-15-10-5)68(92)42-40-66(90)84-69(55-27-18-16-19-28-55)75(95)83-62(54-88)61-38-37-60(78)70(82-61)77(97)105-76(96)56-33-35-57(36-34-56)87(98)99/h16,18-19,24-25,27-36,54,61-62,69,82H,6-15,17,20-23,26,37-53H2,1-5H3,(H,79,89)(H,80,93)(H,81,94)(H,83,95)(H,84,90)/t61-,62?,69-/m1/s1. The van der Waals surface area contributed by atoms with Gasteiger partial charge >= 0.3 is 11.9 Å². The molecule has 0 aromatic heterocycles. The van der Waals surface area contributed by atoms with Crippen LogP contribution in [0.25, 0.3) is 0 Å². The molecule has 0 saturated carbocycles. The van der Waals surface area contributed by atoms with Crippen LogP contribution in [0.15, 0.2) is 102 Å². The van der Waals surface area contributed by atoms with Crippen molar-refractivity contribution >= 4 is 76.9 Å². The van der Waals surface area contributed by atoms with Gasteiger partial charge in [-0.2, -0.15) is 0 Å². The number of benzene rings is 4. The number of halogens is 1. The van der Waals surface area contributed by atoms with E-state index in [1.807, 2.05) is 6.92 Å². The number of amides is 7. The summed E-state index contributed by atoms with van der Waals surface area (Å²) in [4.78, 5) is 152. The fourth-order valence-corrected chi connectivity index (χ4v) is 11.0. The molecule has 6 N–H and O–H groups in total. The van der Waals surface area contributed by atoms with Crippen molar-refractivity contribution < 1.29 is 81.4 Å². The number of non-ortho nitro benzene ring substituents is 1. The van der Waals surface area contributed by atoms with E-state index in [0.29, 0.717) is 137 Å². The number of hydrogen-bond donors (Lipinski definition) is 6. The number of ether oxygens (including phenoxy) is 5. The zero-order valence-corrected chi connectivity index (χ0v) is 62.1. The first kappa shape index (κ1) is 86.0. The Morgan fingerprint density at radius 3 is 1.67 bits per heavy atom. The van der Waals surface area contributed by atoms with Gasteiger partial charge in [0.2, 0.25) is 29.5 Å². The van der Waals surface area contributed by atoms with Crippen LogP contribution in [0.3, 0.4) is 0 Å². The molecule has 27 nitrogen and oxygen atoms in total. The zero-order chi connectivity index (χ0) is 76.1. The summed E-state index contributed by atoms with van der Waals surface area (Å²) in [7, 11) is 0. The third-order valence-electron chi connectivity index (χ3n) is 16.9. The molecule has 105 heavy (non-hydrogen) atoms. The van der Waals surface area contributed by atoms with Crippen LogP contribution in [0.4, 0.5) is 5.69 Å². The number of allylic oxidation sites excluding steroid dienone is 1. The van der Waals surface area contributed by atoms with Crippen LogP contribution in [0.5, 0.6) is 23.0 Å².